The lowest BCUT2D eigenvalue weighted by Crippen LogP contribution is -2.41. The Hall–Kier alpha value is -2.19. The number of nitrogens with zero attached hydrogens (tertiary/aromatic N) is 3. The van der Waals surface area contributed by atoms with Crippen molar-refractivity contribution >= 4 is 0 Å². The Labute approximate surface area is 123 Å². The number of hydrogen-bond acceptors (Lipinski definition) is 5. The lowest BCUT2D eigenvalue weighted by Gasteiger charge is -2.33. The molecule has 0 saturated heterocycles. The van der Waals surface area contributed by atoms with E-state index in [2.05, 4.69) is 23.1 Å². The molecule has 0 bridgehead atoms. The van der Waals surface area contributed by atoms with Gasteiger partial charge in [-0.25, -0.2) is 0 Å². The summed E-state index contributed by atoms with van der Waals surface area (Å²) in [5.74, 6) is 1.71. The van der Waals surface area contributed by atoms with Crippen LogP contribution in [-0.4, -0.2) is 10.1 Å². The van der Waals surface area contributed by atoms with Crippen LogP contribution in [0.4, 0.5) is 0 Å². The van der Waals surface area contributed by atoms with Gasteiger partial charge in [0.15, 0.2) is 5.82 Å². The summed E-state index contributed by atoms with van der Waals surface area (Å²) < 4.78 is 5.34. The van der Waals surface area contributed by atoms with Crippen LogP contribution in [0.2, 0.25) is 0 Å². The van der Waals surface area contributed by atoms with Crippen LogP contribution in [0.5, 0.6) is 0 Å². The van der Waals surface area contributed by atoms with E-state index < -0.39 is 5.54 Å². The Balaban J connectivity index is 1.88. The lowest BCUT2D eigenvalue weighted by atomic mass is 9.77. The normalized spacial score (nSPS) is 25.5. The largest absolute Gasteiger partial charge is 0.334 e. The lowest BCUT2D eigenvalue weighted by molar-refractivity contribution is 0.230. The third-order valence-corrected chi connectivity index (χ3v) is 4.28. The molecule has 2 N–H and O–H groups in total. The van der Waals surface area contributed by atoms with Gasteiger partial charge in [0.2, 0.25) is 0 Å². The summed E-state index contributed by atoms with van der Waals surface area (Å²) >= 11 is 0. The molecule has 0 amide bonds. The molecule has 1 aliphatic rings. The SMILES string of the molecule is CC1CCC(N)(c2noc(-c3cccc(C#N)c3)n2)CC1. The summed E-state index contributed by atoms with van der Waals surface area (Å²) in [5.41, 5.74) is 7.29. The molecule has 1 saturated carbocycles. The van der Waals surface area contributed by atoms with Crippen molar-refractivity contribution in [3.63, 3.8) is 0 Å². The van der Waals surface area contributed by atoms with E-state index in [0.29, 0.717) is 23.2 Å². The Morgan fingerprint density at radius 1 is 1.38 bits per heavy atom. The molecule has 0 aliphatic heterocycles. The van der Waals surface area contributed by atoms with Gasteiger partial charge in [-0.3, -0.25) is 0 Å². The van der Waals surface area contributed by atoms with Crippen LogP contribution in [-0.2, 0) is 5.54 Å². The summed E-state index contributed by atoms with van der Waals surface area (Å²) in [4.78, 5) is 4.46. The third-order valence-electron chi connectivity index (χ3n) is 4.28. The first-order valence-electron chi connectivity index (χ1n) is 7.24. The molecule has 1 aliphatic carbocycles. The standard InChI is InChI=1S/C16H18N4O/c1-11-5-7-16(18,8-6-11)15-19-14(21-20-15)13-4-2-3-12(9-13)10-17/h2-4,9,11H,5-8,18H2,1H3. The summed E-state index contributed by atoms with van der Waals surface area (Å²) in [7, 11) is 0. The molecule has 21 heavy (non-hydrogen) atoms. The van der Waals surface area contributed by atoms with Crippen molar-refractivity contribution in [2.24, 2.45) is 11.7 Å². The van der Waals surface area contributed by atoms with Gasteiger partial charge in [-0.1, -0.05) is 18.1 Å². The summed E-state index contributed by atoms with van der Waals surface area (Å²) in [6, 6.07) is 9.24. The average Bonchev–Trinajstić information content (AvgIpc) is 3.01. The highest BCUT2D eigenvalue weighted by Crippen LogP contribution is 2.36. The Kier molecular flexibility index (Phi) is 3.48. The van der Waals surface area contributed by atoms with Gasteiger partial charge in [-0.05, 0) is 49.8 Å². The molecule has 2 aromatic rings. The van der Waals surface area contributed by atoms with Gasteiger partial charge in [0.1, 0.15) is 0 Å². The Morgan fingerprint density at radius 2 is 2.14 bits per heavy atom. The zero-order valence-corrected chi connectivity index (χ0v) is 12.0. The average molecular weight is 282 g/mol. The van der Waals surface area contributed by atoms with E-state index in [1.165, 1.54) is 0 Å². The minimum atomic E-state index is -0.485. The van der Waals surface area contributed by atoms with E-state index in [4.69, 9.17) is 15.5 Å². The maximum atomic E-state index is 8.95. The zero-order chi connectivity index (χ0) is 14.9. The van der Waals surface area contributed by atoms with Crippen LogP contribution < -0.4 is 5.73 Å². The maximum Gasteiger partial charge on any atom is 0.258 e. The van der Waals surface area contributed by atoms with E-state index in [1.54, 1.807) is 18.2 Å². The number of rotatable bonds is 2. The topological polar surface area (TPSA) is 88.7 Å². The number of nitrogens with two attached hydrogens (primary N) is 1. The molecule has 0 unspecified atom stereocenters. The smallest absolute Gasteiger partial charge is 0.258 e. The molecular formula is C16H18N4O. The predicted octanol–water partition coefficient (Wildman–Crippen LogP) is 2.97. The third kappa shape index (κ3) is 2.67. The molecule has 5 nitrogen and oxygen atoms in total. The fourth-order valence-electron chi connectivity index (χ4n) is 2.77. The number of benzene rings is 1. The first-order valence-corrected chi connectivity index (χ1v) is 7.24. The van der Waals surface area contributed by atoms with Crippen molar-refractivity contribution in [1.29, 1.82) is 5.26 Å². The number of aromatic nitrogens is 2. The van der Waals surface area contributed by atoms with E-state index in [-0.39, 0.29) is 0 Å². The van der Waals surface area contributed by atoms with Gasteiger partial charge >= 0.3 is 0 Å². The van der Waals surface area contributed by atoms with Gasteiger partial charge in [-0.2, -0.15) is 10.2 Å². The summed E-state index contributed by atoms with van der Waals surface area (Å²) in [5, 5.41) is 13.0. The minimum Gasteiger partial charge on any atom is -0.334 e. The van der Waals surface area contributed by atoms with Crippen molar-refractivity contribution in [1.82, 2.24) is 10.1 Å². The van der Waals surface area contributed by atoms with Crippen molar-refractivity contribution < 1.29 is 4.52 Å². The van der Waals surface area contributed by atoms with Crippen LogP contribution in [0.1, 0.15) is 44.0 Å². The summed E-state index contributed by atoms with van der Waals surface area (Å²) in [6.45, 7) is 2.24. The second-order valence-corrected chi connectivity index (χ2v) is 5.95. The zero-order valence-electron chi connectivity index (χ0n) is 12.0. The van der Waals surface area contributed by atoms with Crippen LogP contribution in [0.3, 0.4) is 0 Å². The van der Waals surface area contributed by atoms with Crippen molar-refractivity contribution in [3.05, 3.63) is 35.7 Å². The molecule has 1 heterocycles. The van der Waals surface area contributed by atoms with Gasteiger partial charge in [-0.15, -0.1) is 0 Å². The fourth-order valence-corrected chi connectivity index (χ4v) is 2.77. The van der Waals surface area contributed by atoms with Gasteiger partial charge in [0, 0.05) is 5.56 Å². The van der Waals surface area contributed by atoms with E-state index in [9.17, 15) is 0 Å². The molecule has 0 atom stereocenters. The highest BCUT2D eigenvalue weighted by Gasteiger charge is 2.36. The number of nitriles is 1. The second kappa shape index (κ2) is 5.30. The predicted molar refractivity (Wildman–Crippen MR) is 77.9 cm³/mol. The van der Waals surface area contributed by atoms with Crippen LogP contribution in [0.25, 0.3) is 11.5 Å². The highest BCUT2D eigenvalue weighted by atomic mass is 16.5. The first-order chi connectivity index (χ1) is 10.1. The first kappa shape index (κ1) is 13.8. The second-order valence-electron chi connectivity index (χ2n) is 5.95. The van der Waals surface area contributed by atoms with Crippen molar-refractivity contribution in [2.45, 2.75) is 38.1 Å². The Morgan fingerprint density at radius 3 is 2.86 bits per heavy atom. The number of hydrogen-bond donors (Lipinski definition) is 1. The van der Waals surface area contributed by atoms with Crippen LogP contribution in [0, 0.1) is 17.2 Å². The molecule has 5 heteroatoms. The molecule has 1 aromatic carbocycles. The fraction of sp³-hybridized carbons (Fsp3) is 0.438. The molecule has 1 aromatic heterocycles. The molecule has 1 fully saturated rings. The summed E-state index contributed by atoms with van der Waals surface area (Å²) in [6.07, 6.45) is 3.94. The molecule has 0 spiro atoms. The van der Waals surface area contributed by atoms with Gasteiger partial charge in [0.05, 0.1) is 17.2 Å². The Bertz CT molecular complexity index is 678. The van der Waals surface area contributed by atoms with Crippen molar-refractivity contribution in [2.75, 3.05) is 0 Å². The van der Waals surface area contributed by atoms with E-state index >= 15 is 0 Å². The molecule has 108 valence electrons. The van der Waals surface area contributed by atoms with E-state index in [1.807, 2.05) is 6.07 Å². The van der Waals surface area contributed by atoms with E-state index in [0.717, 1.165) is 31.2 Å². The maximum absolute atomic E-state index is 8.95. The van der Waals surface area contributed by atoms with Crippen molar-refractivity contribution in [3.8, 4) is 17.5 Å². The monoisotopic (exact) mass is 282 g/mol. The van der Waals surface area contributed by atoms with Gasteiger partial charge < -0.3 is 10.3 Å². The molecule has 0 radical (unpaired) electrons. The minimum absolute atomic E-state index is 0.422. The van der Waals surface area contributed by atoms with Crippen LogP contribution in [0.15, 0.2) is 28.8 Å². The quantitative estimate of drug-likeness (QED) is 0.914. The molecule has 3 rings (SSSR count). The van der Waals surface area contributed by atoms with Crippen LogP contribution >= 0.6 is 0 Å². The molecular weight excluding hydrogens is 264 g/mol. The highest BCUT2D eigenvalue weighted by molar-refractivity contribution is 5.56. The van der Waals surface area contributed by atoms with Gasteiger partial charge in [0.25, 0.3) is 5.89 Å².